The van der Waals surface area contributed by atoms with Crippen molar-refractivity contribution in [3.05, 3.63) is 75.1 Å². The molecule has 1 amide bonds. The van der Waals surface area contributed by atoms with Crippen molar-refractivity contribution in [1.29, 1.82) is 0 Å². The van der Waals surface area contributed by atoms with E-state index in [0.717, 1.165) is 6.07 Å². The summed E-state index contributed by atoms with van der Waals surface area (Å²) in [6.07, 6.45) is -3.48. The van der Waals surface area contributed by atoms with Crippen molar-refractivity contribution in [2.24, 2.45) is 0 Å². The molecule has 9 nitrogen and oxygen atoms in total. The summed E-state index contributed by atoms with van der Waals surface area (Å²) in [5.41, 5.74) is 2.26. The molecule has 0 radical (unpaired) electrons. The standard InChI is InChI=1S/C16H10ClF3N6O3/c17-10-3-1-2-4-13(10)25-8-12(22-24-25)15(27)23-21-11-6-5-9(16(18,19)20)7-14(11)26(28)29/h1-8,21H,(H,23,27). The van der Waals surface area contributed by atoms with Crippen LogP contribution < -0.4 is 10.9 Å². The van der Waals surface area contributed by atoms with Crippen LogP contribution in [-0.4, -0.2) is 25.8 Å². The van der Waals surface area contributed by atoms with Gasteiger partial charge in [-0.1, -0.05) is 28.9 Å². The Morgan fingerprint density at radius 2 is 1.93 bits per heavy atom. The van der Waals surface area contributed by atoms with Crippen molar-refractivity contribution >= 4 is 28.9 Å². The Balaban J connectivity index is 1.76. The average Bonchev–Trinajstić information content (AvgIpc) is 3.15. The first-order chi connectivity index (χ1) is 13.7. The Bertz CT molecular complexity index is 1090. The van der Waals surface area contributed by atoms with Crippen LogP contribution in [0.5, 0.6) is 0 Å². The molecule has 0 bridgehead atoms. The lowest BCUT2D eigenvalue weighted by Crippen LogP contribution is -2.30. The number of nitro groups is 1. The SMILES string of the molecule is O=C(NNc1ccc(C(F)(F)F)cc1[N+](=O)[O-])c1cn(-c2ccccc2Cl)nn1. The second-order valence-corrected chi connectivity index (χ2v) is 5.97. The molecular weight excluding hydrogens is 417 g/mol. The number of hydrogen-bond acceptors (Lipinski definition) is 6. The number of carbonyl (C=O) groups excluding carboxylic acids is 1. The van der Waals surface area contributed by atoms with Crippen molar-refractivity contribution in [2.45, 2.75) is 6.18 Å². The number of halogens is 4. The van der Waals surface area contributed by atoms with E-state index in [9.17, 15) is 28.1 Å². The molecule has 0 aliphatic heterocycles. The molecule has 0 saturated heterocycles. The van der Waals surface area contributed by atoms with Crippen LogP contribution in [-0.2, 0) is 6.18 Å². The molecule has 0 saturated carbocycles. The van der Waals surface area contributed by atoms with Gasteiger partial charge >= 0.3 is 6.18 Å². The van der Waals surface area contributed by atoms with Crippen LogP contribution in [0.25, 0.3) is 5.69 Å². The van der Waals surface area contributed by atoms with E-state index in [2.05, 4.69) is 21.2 Å². The molecule has 0 aliphatic carbocycles. The molecule has 1 heterocycles. The monoisotopic (exact) mass is 426 g/mol. The highest BCUT2D eigenvalue weighted by Gasteiger charge is 2.33. The second kappa shape index (κ2) is 7.75. The van der Waals surface area contributed by atoms with E-state index < -0.39 is 28.3 Å². The molecule has 0 atom stereocenters. The van der Waals surface area contributed by atoms with Crippen molar-refractivity contribution < 1.29 is 22.9 Å². The molecule has 3 aromatic rings. The number of carbonyl (C=O) groups is 1. The number of nitro benzene ring substituents is 1. The van der Waals surface area contributed by atoms with Crippen molar-refractivity contribution in [3.8, 4) is 5.69 Å². The fourth-order valence-corrected chi connectivity index (χ4v) is 2.50. The van der Waals surface area contributed by atoms with Crippen molar-refractivity contribution in [1.82, 2.24) is 20.4 Å². The summed E-state index contributed by atoms with van der Waals surface area (Å²) >= 11 is 6.04. The van der Waals surface area contributed by atoms with Gasteiger partial charge in [-0.2, -0.15) is 13.2 Å². The van der Waals surface area contributed by atoms with Crippen LogP contribution in [0.1, 0.15) is 16.1 Å². The Morgan fingerprint density at radius 3 is 2.59 bits per heavy atom. The molecular formula is C16H10ClF3N6O3. The highest BCUT2D eigenvalue weighted by molar-refractivity contribution is 6.32. The van der Waals surface area contributed by atoms with E-state index in [1.807, 2.05) is 0 Å². The van der Waals surface area contributed by atoms with Gasteiger partial charge in [-0.3, -0.25) is 25.8 Å². The largest absolute Gasteiger partial charge is 0.416 e. The minimum absolute atomic E-state index is 0.160. The van der Waals surface area contributed by atoms with Crippen molar-refractivity contribution in [2.75, 3.05) is 5.43 Å². The van der Waals surface area contributed by atoms with Crippen LogP contribution >= 0.6 is 11.6 Å². The Kier molecular flexibility index (Phi) is 5.37. The summed E-state index contributed by atoms with van der Waals surface area (Å²) in [4.78, 5) is 22.2. The van der Waals surface area contributed by atoms with Gasteiger partial charge in [-0.25, -0.2) is 4.68 Å². The van der Waals surface area contributed by atoms with Gasteiger partial charge in [0.1, 0.15) is 5.69 Å². The Hall–Kier alpha value is -3.67. The molecule has 0 spiro atoms. The van der Waals surface area contributed by atoms with E-state index in [4.69, 9.17) is 11.6 Å². The summed E-state index contributed by atoms with van der Waals surface area (Å²) in [5, 5.41) is 18.9. The molecule has 0 fully saturated rings. The first-order valence-corrected chi connectivity index (χ1v) is 8.14. The second-order valence-electron chi connectivity index (χ2n) is 5.57. The van der Waals surface area contributed by atoms with E-state index in [1.54, 1.807) is 24.3 Å². The molecule has 0 aliphatic rings. The van der Waals surface area contributed by atoms with Gasteiger partial charge in [-0.15, -0.1) is 5.10 Å². The zero-order valence-corrected chi connectivity index (χ0v) is 14.9. The zero-order valence-electron chi connectivity index (χ0n) is 14.1. The van der Waals surface area contributed by atoms with Crippen LogP contribution in [0, 0.1) is 10.1 Å². The minimum Gasteiger partial charge on any atom is -0.292 e. The maximum atomic E-state index is 12.7. The first-order valence-electron chi connectivity index (χ1n) is 7.76. The highest BCUT2D eigenvalue weighted by atomic mass is 35.5. The number of aromatic nitrogens is 3. The molecule has 3 rings (SSSR count). The smallest absolute Gasteiger partial charge is 0.292 e. The molecule has 1 aromatic heterocycles. The maximum absolute atomic E-state index is 12.7. The molecule has 2 aromatic carbocycles. The van der Waals surface area contributed by atoms with Crippen LogP contribution in [0.2, 0.25) is 5.02 Å². The molecule has 29 heavy (non-hydrogen) atoms. The van der Waals surface area contributed by atoms with Gasteiger partial charge in [0.2, 0.25) is 0 Å². The number of anilines is 1. The van der Waals surface area contributed by atoms with Gasteiger partial charge in [0, 0.05) is 6.07 Å². The lowest BCUT2D eigenvalue weighted by atomic mass is 10.1. The summed E-state index contributed by atoms with van der Waals surface area (Å²) in [6, 6.07) is 8.51. The normalized spacial score (nSPS) is 11.2. The molecule has 13 heteroatoms. The van der Waals surface area contributed by atoms with Crippen LogP contribution in [0.15, 0.2) is 48.7 Å². The number of nitrogens with one attached hydrogen (secondary N) is 2. The molecule has 2 N–H and O–H groups in total. The number of nitrogens with zero attached hydrogens (tertiary/aromatic N) is 4. The third-order valence-corrected chi connectivity index (χ3v) is 3.98. The number of benzene rings is 2. The number of amides is 1. The van der Waals surface area contributed by atoms with E-state index >= 15 is 0 Å². The van der Waals surface area contributed by atoms with Gasteiger partial charge < -0.3 is 0 Å². The predicted octanol–water partition coefficient (Wildman–Crippen LogP) is 3.60. The Morgan fingerprint density at radius 1 is 1.21 bits per heavy atom. The number of alkyl halides is 3. The van der Waals surface area contributed by atoms with Gasteiger partial charge in [0.25, 0.3) is 11.6 Å². The third kappa shape index (κ3) is 4.43. The van der Waals surface area contributed by atoms with Crippen molar-refractivity contribution in [3.63, 3.8) is 0 Å². The fourth-order valence-electron chi connectivity index (χ4n) is 2.28. The topological polar surface area (TPSA) is 115 Å². The lowest BCUT2D eigenvalue weighted by molar-refractivity contribution is -0.384. The average molecular weight is 427 g/mol. The highest BCUT2D eigenvalue weighted by Crippen LogP contribution is 2.34. The number of para-hydroxylation sites is 1. The summed E-state index contributed by atoms with van der Waals surface area (Å²) in [7, 11) is 0. The minimum atomic E-state index is -4.75. The quantitative estimate of drug-likeness (QED) is 0.476. The fraction of sp³-hybridized carbons (Fsp3) is 0.0625. The van der Waals surface area contributed by atoms with Crippen LogP contribution in [0.4, 0.5) is 24.5 Å². The number of hydrazine groups is 1. The Labute approximate surface area is 165 Å². The predicted molar refractivity (Wildman–Crippen MR) is 95.6 cm³/mol. The van der Waals surface area contributed by atoms with Gasteiger partial charge in [0.15, 0.2) is 5.69 Å². The zero-order chi connectivity index (χ0) is 21.2. The summed E-state index contributed by atoms with van der Waals surface area (Å²) in [5.74, 6) is -0.822. The summed E-state index contributed by atoms with van der Waals surface area (Å²) < 4.78 is 39.4. The number of rotatable bonds is 5. The van der Waals surface area contributed by atoms with E-state index in [1.165, 1.54) is 10.9 Å². The van der Waals surface area contributed by atoms with Crippen LogP contribution in [0.3, 0.4) is 0 Å². The van der Waals surface area contributed by atoms with Gasteiger partial charge in [-0.05, 0) is 24.3 Å². The van der Waals surface area contributed by atoms with E-state index in [0.29, 0.717) is 22.8 Å². The third-order valence-electron chi connectivity index (χ3n) is 3.66. The van der Waals surface area contributed by atoms with E-state index in [-0.39, 0.29) is 11.4 Å². The lowest BCUT2D eigenvalue weighted by Gasteiger charge is -2.10. The first kappa shape index (κ1) is 20.1. The maximum Gasteiger partial charge on any atom is 0.416 e. The van der Waals surface area contributed by atoms with Gasteiger partial charge in [0.05, 0.1) is 27.4 Å². The summed E-state index contributed by atoms with van der Waals surface area (Å²) in [6.45, 7) is 0. The molecule has 150 valence electrons. The number of hydrogen-bond donors (Lipinski definition) is 2. The molecule has 0 unspecified atom stereocenters.